The van der Waals surface area contributed by atoms with Crippen molar-refractivity contribution in [3.05, 3.63) is 65.7 Å². The molecule has 1 aliphatic heterocycles. The Morgan fingerprint density at radius 1 is 1.04 bits per heavy atom. The molecule has 0 aromatic heterocycles. The average Bonchev–Trinajstić information content (AvgIpc) is 2.99. The smallest absolute Gasteiger partial charge is 0.120 e. The van der Waals surface area contributed by atoms with Gasteiger partial charge < -0.3 is 4.74 Å². The predicted octanol–water partition coefficient (Wildman–Crippen LogP) is 4.43. The van der Waals surface area contributed by atoms with Gasteiger partial charge in [-0.1, -0.05) is 42.5 Å². The van der Waals surface area contributed by atoms with Crippen LogP contribution in [-0.4, -0.2) is 23.6 Å². The first-order valence-corrected chi connectivity index (χ1v) is 8.79. The Hall–Kier alpha value is -1.80. The van der Waals surface area contributed by atoms with Gasteiger partial charge in [-0.05, 0) is 55.4 Å². The fourth-order valence-corrected chi connectivity index (χ4v) is 4.20. The maximum Gasteiger partial charge on any atom is 0.120 e. The van der Waals surface area contributed by atoms with Gasteiger partial charge in [-0.25, -0.2) is 0 Å². The van der Waals surface area contributed by atoms with Gasteiger partial charge in [0, 0.05) is 19.1 Å². The van der Waals surface area contributed by atoms with Crippen LogP contribution in [0.3, 0.4) is 0 Å². The van der Waals surface area contributed by atoms with E-state index in [4.69, 9.17) is 4.74 Å². The van der Waals surface area contributed by atoms with Gasteiger partial charge in [-0.15, -0.1) is 0 Å². The molecule has 2 bridgehead atoms. The van der Waals surface area contributed by atoms with Gasteiger partial charge in [-0.2, -0.15) is 0 Å². The quantitative estimate of drug-likeness (QED) is 0.828. The Morgan fingerprint density at radius 2 is 1.91 bits per heavy atom. The lowest BCUT2D eigenvalue weighted by molar-refractivity contribution is 0.0339. The Bertz CT molecular complexity index is 654. The molecular weight excluding hydrogens is 282 g/mol. The van der Waals surface area contributed by atoms with E-state index in [1.807, 2.05) is 0 Å². The lowest BCUT2D eigenvalue weighted by Gasteiger charge is -2.38. The topological polar surface area (TPSA) is 12.5 Å². The van der Waals surface area contributed by atoms with Crippen molar-refractivity contribution in [3.63, 3.8) is 0 Å². The third-order valence-electron chi connectivity index (χ3n) is 5.41. The number of piperidine rings is 1. The van der Waals surface area contributed by atoms with Crippen molar-refractivity contribution in [1.82, 2.24) is 4.90 Å². The SMILES string of the molecule is Cc1cccc(O[C@H]2CN(Cc3ccccc3)[C@@H]3CC[C@H]2C3)c1. The summed E-state index contributed by atoms with van der Waals surface area (Å²) in [7, 11) is 0. The monoisotopic (exact) mass is 307 g/mol. The number of benzene rings is 2. The molecular formula is C21H25NO. The average molecular weight is 307 g/mol. The molecule has 1 aliphatic carbocycles. The zero-order valence-corrected chi connectivity index (χ0v) is 13.8. The van der Waals surface area contributed by atoms with Gasteiger partial charge in [0.25, 0.3) is 0 Å². The van der Waals surface area contributed by atoms with E-state index in [9.17, 15) is 0 Å². The van der Waals surface area contributed by atoms with E-state index in [2.05, 4.69) is 66.4 Å². The van der Waals surface area contributed by atoms with Crippen LogP contribution in [0.15, 0.2) is 54.6 Å². The van der Waals surface area contributed by atoms with Crippen molar-refractivity contribution in [3.8, 4) is 5.75 Å². The van der Waals surface area contributed by atoms with Crippen molar-refractivity contribution >= 4 is 0 Å². The highest BCUT2D eigenvalue weighted by Crippen LogP contribution is 2.39. The summed E-state index contributed by atoms with van der Waals surface area (Å²) < 4.78 is 6.39. The van der Waals surface area contributed by atoms with Crippen LogP contribution in [0.5, 0.6) is 5.75 Å². The van der Waals surface area contributed by atoms with E-state index in [1.54, 1.807) is 0 Å². The molecule has 3 atom stereocenters. The van der Waals surface area contributed by atoms with Crippen LogP contribution in [0.25, 0.3) is 0 Å². The maximum atomic E-state index is 6.39. The fraction of sp³-hybridized carbons (Fsp3) is 0.429. The van der Waals surface area contributed by atoms with Crippen LogP contribution in [0.2, 0.25) is 0 Å². The first-order valence-electron chi connectivity index (χ1n) is 8.79. The van der Waals surface area contributed by atoms with E-state index in [-0.39, 0.29) is 0 Å². The third kappa shape index (κ3) is 3.28. The second-order valence-electron chi connectivity index (χ2n) is 7.11. The maximum absolute atomic E-state index is 6.39. The molecule has 2 aliphatic rings. The molecule has 0 spiro atoms. The summed E-state index contributed by atoms with van der Waals surface area (Å²) >= 11 is 0. The zero-order chi connectivity index (χ0) is 15.6. The molecule has 2 heteroatoms. The Morgan fingerprint density at radius 3 is 2.74 bits per heavy atom. The summed E-state index contributed by atoms with van der Waals surface area (Å²) in [6, 6.07) is 20.0. The Balaban J connectivity index is 1.48. The molecule has 1 heterocycles. The van der Waals surface area contributed by atoms with Crippen molar-refractivity contribution in [2.24, 2.45) is 5.92 Å². The number of nitrogens with zero attached hydrogens (tertiary/aromatic N) is 1. The molecule has 0 amide bonds. The van der Waals surface area contributed by atoms with E-state index in [1.165, 1.54) is 30.4 Å². The van der Waals surface area contributed by atoms with E-state index in [0.717, 1.165) is 30.8 Å². The number of fused-ring (bicyclic) bond motifs is 2. The number of ether oxygens (including phenoxy) is 1. The number of hydrogen-bond donors (Lipinski definition) is 0. The van der Waals surface area contributed by atoms with Crippen molar-refractivity contribution in [1.29, 1.82) is 0 Å². The molecule has 2 nitrogen and oxygen atoms in total. The molecule has 1 saturated heterocycles. The van der Waals surface area contributed by atoms with Crippen molar-refractivity contribution in [2.45, 2.75) is 44.9 Å². The van der Waals surface area contributed by atoms with E-state index < -0.39 is 0 Å². The number of hydrogen-bond acceptors (Lipinski definition) is 2. The van der Waals surface area contributed by atoms with Gasteiger partial charge in [0.15, 0.2) is 0 Å². The Labute approximate surface area is 139 Å². The molecule has 0 N–H and O–H groups in total. The largest absolute Gasteiger partial charge is 0.489 e. The summed E-state index contributed by atoms with van der Waals surface area (Å²) in [5, 5.41) is 0. The lowest BCUT2D eigenvalue weighted by Crippen LogP contribution is -2.47. The molecule has 120 valence electrons. The summed E-state index contributed by atoms with van der Waals surface area (Å²) in [4.78, 5) is 2.64. The van der Waals surface area contributed by atoms with E-state index >= 15 is 0 Å². The molecule has 4 rings (SSSR count). The number of rotatable bonds is 4. The normalized spacial score (nSPS) is 27.1. The van der Waals surface area contributed by atoms with Gasteiger partial charge in [0.1, 0.15) is 11.9 Å². The van der Waals surface area contributed by atoms with Crippen LogP contribution in [0.1, 0.15) is 30.4 Å². The minimum atomic E-state index is 0.333. The molecule has 2 fully saturated rings. The molecule has 0 unspecified atom stereocenters. The summed E-state index contributed by atoms with van der Waals surface area (Å²) in [6.07, 6.45) is 4.26. The van der Waals surface area contributed by atoms with E-state index in [0.29, 0.717) is 6.10 Å². The molecule has 2 aromatic carbocycles. The molecule has 1 saturated carbocycles. The summed E-state index contributed by atoms with van der Waals surface area (Å²) in [5.41, 5.74) is 2.68. The first-order chi connectivity index (χ1) is 11.3. The highest BCUT2D eigenvalue weighted by atomic mass is 16.5. The Kier molecular flexibility index (Phi) is 4.09. The van der Waals surface area contributed by atoms with Crippen molar-refractivity contribution < 1.29 is 4.74 Å². The van der Waals surface area contributed by atoms with Crippen LogP contribution in [0, 0.1) is 12.8 Å². The summed E-state index contributed by atoms with van der Waals surface area (Å²) in [5.74, 6) is 1.76. The van der Waals surface area contributed by atoms with Crippen molar-refractivity contribution in [2.75, 3.05) is 6.54 Å². The van der Waals surface area contributed by atoms with Crippen LogP contribution in [-0.2, 0) is 6.54 Å². The van der Waals surface area contributed by atoms with Gasteiger partial charge in [0.05, 0.1) is 0 Å². The molecule has 2 aromatic rings. The van der Waals surface area contributed by atoms with Crippen LogP contribution >= 0.6 is 0 Å². The number of aryl methyl sites for hydroxylation is 1. The van der Waals surface area contributed by atoms with Gasteiger partial charge >= 0.3 is 0 Å². The second-order valence-corrected chi connectivity index (χ2v) is 7.11. The highest BCUT2D eigenvalue weighted by molar-refractivity contribution is 5.28. The standard InChI is InChI=1S/C21H25NO/c1-16-6-5-9-20(12-16)23-21-15-22(19-11-10-18(21)13-19)14-17-7-3-2-4-8-17/h2-9,12,18-19,21H,10-11,13-15H2,1H3/t18-,19+,21-/m0/s1. The number of likely N-dealkylation sites (tertiary alicyclic amines) is 1. The minimum absolute atomic E-state index is 0.333. The van der Waals surface area contributed by atoms with Crippen LogP contribution < -0.4 is 4.74 Å². The zero-order valence-electron chi connectivity index (χ0n) is 13.8. The third-order valence-corrected chi connectivity index (χ3v) is 5.41. The predicted molar refractivity (Wildman–Crippen MR) is 93.6 cm³/mol. The molecule has 0 radical (unpaired) electrons. The van der Waals surface area contributed by atoms with Gasteiger partial charge in [0.2, 0.25) is 0 Å². The van der Waals surface area contributed by atoms with Crippen LogP contribution in [0.4, 0.5) is 0 Å². The summed E-state index contributed by atoms with van der Waals surface area (Å²) in [6.45, 7) is 4.23. The minimum Gasteiger partial charge on any atom is -0.489 e. The first kappa shape index (κ1) is 14.8. The molecule has 23 heavy (non-hydrogen) atoms. The van der Waals surface area contributed by atoms with Gasteiger partial charge in [-0.3, -0.25) is 4.90 Å². The fourth-order valence-electron chi connectivity index (χ4n) is 4.20. The lowest BCUT2D eigenvalue weighted by atomic mass is 9.95. The second kappa shape index (κ2) is 6.37. The highest BCUT2D eigenvalue weighted by Gasteiger charge is 2.41.